The molecular formula is C25H30F4O. The summed E-state index contributed by atoms with van der Waals surface area (Å²) in [5.74, 6) is 0.321. The highest BCUT2D eigenvalue weighted by Crippen LogP contribution is 2.37. The summed E-state index contributed by atoms with van der Waals surface area (Å²) in [6, 6.07) is 12.4. The number of benzene rings is 2. The van der Waals surface area contributed by atoms with E-state index in [-0.39, 0.29) is 11.9 Å². The number of hydrogen-bond donors (Lipinski definition) is 0. The lowest BCUT2D eigenvalue weighted by Crippen LogP contribution is -2.16. The normalized spacial score (nSPS) is 20.7. The fraction of sp³-hybridized carbons (Fsp3) is 0.520. The number of rotatable bonds is 8. The van der Waals surface area contributed by atoms with E-state index < -0.39 is 17.6 Å². The minimum atomic E-state index is -4.71. The lowest BCUT2D eigenvalue weighted by Gasteiger charge is -2.29. The van der Waals surface area contributed by atoms with Crippen LogP contribution in [0, 0.1) is 17.7 Å². The van der Waals surface area contributed by atoms with Gasteiger partial charge in [-0.3, -0.25) is 0 Å². The molecule has 1 nitrogen and oxygen atoms in total. The molecule has 1 aliphatic rings. The fourth-order valence-corrected chi connectivity index (χ4v) is 4.53. The van der Waals surface area contributed by atoms with Gasteiger partial charge in [0, 0.05) is 6.07 Å². The Morgan fingerprint density at radius 3 is 2.13 bits per heavy atom. The van der Waals surface area contributed by atoms with Crippen LogP contribution in [0.4, 0.5) is 17.6 Å². The molecule has 0 radical (unpaired) electrons. The van der Waals surface area contributed by atoms with Gasteiger partial charge in [-0.15, -0.1) is 0 Å². The Morgan fingerprint density at radius 2 is 1.57 bits per heavy atom. The molecule has 2 aromatic rings. The van der Waals surface area contributed by atoms with E-state index in [0.29, 0.717) is 5.92 Å². The summed E-state index contributed by atoms with van der Waals surface area (Å²) >= 11 is 0. The zero-order valence-corrected chi connectivity index (χ0v) is 17.4. The molecule has 0 aliphatic heterocycles. The summed E-state index contributed by atoms with van der Waals surface area (Å²) < 4.78 is 58.5. The molecule has 0 bridgehead atoms. The first-order chi connectivity index (χ1) is 14.4. The molecule has 1 fully saturated rings. The molecule has 1 saturated carbocycles. The van der Waals surface area contributed by atoms with Crippen molar-refractivity contribution >= 4 is 0 Å². The van der Waals surface area contributed by atoms with Crippen molar-refractivity contribution in [1.82, 2.24) is 0 Å². The number of hydrogen-bond acceptors (Lipinski definition) is 1. The lowest BCUT2D eigenvalue weighted by atomic mass is 9.78. The van der Waals surface area contributed by atoms with Gasteiger partial charge in [-0.1, -0.05) is 75.8 Å². The van der Waals surface area contributed by atoms with E-state index in [1.807, 2.05) is 30.3 Å². The van der Waals surface area contributed by atoms with Crippen molar-refractivity contribution < 1.29 is 22.3 Å². The predicted molar refractivity (Wildman–Crippen MR) is 111 cm³/mol. The highest BCUT2D eigenvalue weighted by Gasteiger charge is 2.34. The smallest absolute Gasteiger partial charge is 0.419 e. The highest BCUT2D eigenvalue weighted by atomic mass is 19.4. The van der Waals surface area contributed by atoms with Crippen molar-refractivity contribution in [3.63, 3.8) is 0 Å². The van der Waals surface area contributed by atoms with Gasteiger partial charge in [0.1, 0.15) is 17.7 Å². The Bertz CT molecular complexity index is 779. The minimum absolute atomic E-state index is 0.126. The number of alkyl halides is 3. The minimum Gasteiger partial charge on any atom is -0.486 e. The number of ether oxygens (including phenoxy) is 1. The van der Waals surface area contributed by atoms with Gasteiger partial charge in [-0.2, -0.15) is 13.2 Å². The molecule has 2 aromatic carbocycles. The van der Waals surface area contributed by atoms with Gasteiger partial charge in [-0.25, -0.2) is 4.39 Å². The SMILES string of the molecule is CCCC1CCC(CCC(Oc2ccc(C(F)(F)F)c(F)c2)c2ccccc2)CC1. The maximum atomic E-state index is 14.0. The Balaban J connectivity index is 1.66. The lowest BCUT2D eigenvalue weighted by molar-refractivity contribution is -0.140. The van der Waals surface area contributed by atoms with Crippen LogP contribution in [0.25, 0.3) is 0 Å². The molecule has 0 amide bonds. The van der Waals surface area contributed by atoms with E-state index in [4.69, 9.17) is 4.74 Å². The second-order valence-electron chi connectivity index (χ2n) is 8.41. The third-order valence-corrected chi connectivity index (χ3v) is 6.20. The molecular weight excluding hydrogens is 392 g/mol. The van der Waals surface area contributed by atoms with Crippen LogP contribution in [-0.4, -0.2) is 0 Å². The summed E-state index contributed by atoms with van der Waals surface area (Å²) in [7, 11) is 0. The van der Waals surface area contributed by atoms with Crippen LogP contribution in [0.1, 0.15) is 75.5 Å². The number of halogens is 4. The third-order valence-electron chi connectivity index (χ3n) is 6.20. The zero-order valence-electron chi connectivity index (χ0n) is 17.4. The summed E-state index contributed by atoms with van der Waals surface area (Å²) in [5.41, 5.74) is -0.313. The topological polar surface area (TPSA) is 9.23 Å². The van der Waals surface area contributed by atoms with Crippen LogP contribution in [0.3, 0.4) is 0 Å². The largest absolute Gasteiger partial charge is 0.486 e. The second kappa shape index (κ2) is 10.3. The summed E-state index contributed by atoms with van der Waals surface area (Å²) in [5, 5.41) is 0. The Kier molecular flexibility index (Phi) is 7.79. The quantitative estimate of drug-likeness (QED) is 0.388. The van der Waals surface area contributed by atoms with E-state index >= 15 is 0 Å². The van der Waals surface area contributed by atoms with Gasteiger partial charge in [0.25, 0.3) is 0 Å². The highest BCUT2D eigenvalue weighted by molar-refractivity contribution is 5.31. The third kappa shape index (κ3) is 6.23. The molecule has 1 atom stereocenters. The van der Waals surface area contributed by atoms with Crippen LogP contribution in [-0.2, 0) is 6.18 Å². The van der Waals surface area contributed by atoms with Gasteiger partial charge in [0.2, 0.25) is 0 Å². The van der Waals surface area contributed by atoms with Crippen molar-refractivity contribution in [3.8, 4) is 5.75 Å². The van der Waals surface area contributed by atoms with Crippen molar-refractivity contribution in [2.45, 2.75) is 70.6 Å². The van der Waals surface area contributed by atoms with Gasteiger partial charge >= 0.3 is 6.18 Å². The monoisotopic (exact) mass is 422 g/mol. The summed E-state index contributed by atoms with van der Waals surface area (Å²) in [6.45, 7) is 2.23. The molecule has 164 valence electrons. The van der Waals surface area contributed by atoms with Gasteiger partial charge in [0.05, 0.1) is 5.56 Å². The van der Waals surface area contributed by atoms with E-state index in [2.05, 4.69) is 6.92 Å². The average Bonchev–Trinajstić information content (AvgIpc) is 2.72. The average molecular weight is 423 g/mol. The van der Waals surface area contributed by atoms with Crippen molar-refractivity contribution in [3.05, 3.63) is 65.5 Å². The van der Waals surface area contributed by atoms with Crippen LogP contribution in [0.5, 0.6) is 5.75 Å². The Hall–Kier alpha value is -2.04. The Morgan fingerprint density at radius 1 is 0.933 bits per heavy atom. The Labute approximate surface area is 176 Å². The van der Waals surface area contributed by atoms with Gasteiger partial charge in [-0.05, 0) is 42.4 Å². The molecule has 0 N–H and O–H groups in total. The van der Waals surface area contributed by atoms with Crippen molar-refractivity contribution in [2.24, 2.45) is 11.8 Å². The molecule has 5 heteroatoms. The molecule has 0 saturated heterocycles. The van der Waals surface area contributed by atoms with Crippen LogP contribution < -0.4 is 4.74 Å². The molecule has 3 rings (SSSR count). The van der Waals surface area contributed by atoms with Crippen molar-refractivity contribution in [1.29, 1.82) is 0 Å². The van der Waals surface area contributed by atoms with E-state index in [9.17, 15) is 17.6 Å². The summed E-state index contributed by atoms with van der Waals surface area (Å²) in [6.07, 6.45) is 4.29. The van der Waals surface area contributed by atoms with E-state index in [1.165, 1.54) is 44.6 Å². The molecule has 0 spiro atoms. The molecule has 30 heavy (non-hydrogen) atoms. The first-order valence-corrected chi connectivity index (χ1v) is 10.9. The van der Waals surface area contributed by atoms with Gasteiger partial charge < -0.3 is 4.74 Å². The maximum Gasteiger partial charge on any atom is 0.419 e. The maximum absolute atomic E-state index is 14.0. The van der Waals surface area contributed by atoms with Crippen LogP contribution >= 0.6 is 0 Å². The first-order valence-electron chi connectivity index (χ1n) is 10.9. The summed E-state index contributed by atoms with van der Waals surface area (Å²) in [4.78, 5) is 0. The van der Waals surface area contributed by atoms with E-state index in [0.717, 1.165) is 36.5 Å². The molecule has 0 heterocycles. The van der Waals surface area contributed by atoms with E-state index in [1.54, 1.807) is 0 Å². The fourth-order valence-electron chi connectivity index (χ4n) is 4.53. The van der Waals surface area contributed by atoms with Crippen molar-refractivity contribution in [2.75, 3.05) is 0 Å². The zero-order chi connectivity index (χ0) is 21.6. The molecule has 1 unspecified atom stereocenters. The van der Waals surface area contributed by atoms with Gasteiger partial charge in [0.15, 0.2) is 0 Å². The molecule has 0 aromatic heterocycles. The predicted octanol–water partition coefficient (Wildman–Crippen LogP) is 8.35. The first kappa shape index (κ1) is 22.6. The standard InChI is InChI=1S/C25H30F4O/c1-2-6-18-9-11-19(12-10-18)13-16-24(20-7-4-3-5-8-20)30-21-14-15-22(23(26)17-21)25(27,28)29/h3-5,7-8,14-15,17-19,24H,2,6,9-13,16H2,1H3. The molecule has 1 aliphatic carbocycles. The second-order valence-corrected chi connectivity index (χ2v) is 8.41. The van der Waals surface area contributed by atoms with Crippen LogP contribution in [0.15, 0.2) is 48.5 Å². The van der Waals surface area contributed by atoms with Crippen LogP contribution in [0.2, 0.25) is 0 Å².